The van der Waals surface area contributed by atoms with Gasteiger partial charge in [0, 0.05) is 26.7 Å². The first-order valence-corrected chi connectivity index (χ1v) is 7.32. The van der Waals surface area contributed by atoms with E-state index in [1.807, 2.05) is 13.8 Å². The summed E-state index contributed by atoms with van der Waals surface area (Å²) in [5.74, 6) is 1.41. The van der Waals surface area contributed by atoms with Crippen molar-refractivity contribution in [1.29, 1.82) is 0 Å². The van der Waals surface area contributed by atoms with Crippen molar-refractivity contribution in [2.75, 3.05) is 26.7 Å². The van der Waals surface area contributed by atoms with Crippen LogP contribution in [-0.2, 0) is 4.74 Å². The molecule has 4 nitrogen and oxygen atoms in total. The van der Waals surface area contributed by atoms with Crippen LogP contribution in [-0.4, -0.2) is 38.8 Å². The standard InChI is InChI=1S/C15H31N3O/c1-6-8-9-11-17-15(16-5)18-12-10-14(13(3)4)19-7-2/h6,8,13-14H,7,9-12H2,1-5H3,(H2,16,17,18)/b8-6+. The second-order valence-corrected chi connectivity index (χ2v) is 4.81. The second-order valence-electron chi connectivity index (χ2n) is 4.81. The molecular formula is C15H31N3O. The lowest BCUT2D eigenvalue weighted by atomic mass is 10.0. The Balaban J connectivity index is 3.87. The Labute approximate surface area is 118 Å². The first kappa shape index (κ1) is 18.0. The molecule has 0 aliphatic carbocycles. The van der Waals surface area contributed by atoms with Gasteiger partial charge in [0.15, 0.2) is 5.96 Å². The molecule has 0 amide bonds. The molecule has 0 aliphatic heterocycles. The van der Waals surface area contributed by atoms with Crippen molar-refractivity contribution in [3.63, 3.8) is 0 Å². The molecule has 1 unspecified atom stereocenters. The molecule has 2 N–H and O–H groups in total. The Morgan fingerprint density at radius 2 is 1.95 bits per heavy atom. The SMILES string of the molecule is C/C=C/CCNC(=NC)NCCC(OCC)C(C)C. The van der Waals surface area contributed by atoms with Gasteiger partial charge >= 0.3 is 0 Å². The average Bonchev–Trinajstić information content (AvgIpc) is 2.40. The Morgan fingerprint density at radius 1 is 1.26 bits per heavy atom. The summed E-state index contributed by atoms with van der Waals surface area (Å²) in [6.45, 7) is 11.0. The third-order valence-electron chi connectivity index (χ3n) is 2.91. The van der Waals surface area contributed by atoms with E-state index in [0.29, 0.717) is 12.0 Å². The van der Waals surface area contributed by atoms with Crippen molar-refractivity contribution in [2.24, 2.45) is 10.9 Å². The smallest absolute Gasteiger partial charge is 0.190 e. The van der Waals surface area contributed by atoms with Gasteiger partial charge in [-0.25, -0.2) is 0 Å². The minimum Gasteiger partial charge on any atom is -0.378 e. The van der Waals surface area contributed by atoms with Gasteiger partial charge in [0.1, 0.15) is 0 Å². The number of hydrogen-bond donors (Lipinski definition) is 2. The van der Waals surface area contributed by atoms with Crippen molar-refractivity contribution in [3.05, 3.63) is 12.2 Å². The molecule has 112 valence electrons. The van der Waals surface area contributed by atoms with Gasteiger partial charge in [0.25, 0.3) is 0 Å². The van der Waals surface area contributed by atoms with Crippen LogP contribution in [0.1, 0.15) is 40.5 Å². The fraction of sp³-hybridized carbons (Fsp3) is 0.800. The highest BCUT2D eigenvalue weighted by molar-refractivity contribution is 5.79. The molecule has 0 spiro atoms. The van der Waals surface area contributed by atoms with Crippen LogP contribution >= 0.6 is 0 Å². The lowest BCUT2D eigenvalue weighted by Crippen LogP contribution is -2.39. The number of allylic oxidation sites excluding steroid dienone is 1. The van der Waals surface area contributed by atoms with E-state index in [1.165, 1.54) is 0 Å². The molecule has 0 aromatic carbocycles. The van der Waals surface area contributed by atoms with Crippen LogP contribution in [0.15, 0.2) is 17.1 Å². The van der Waals surface area contributed by atoms with E-state index in [4.69, 9.17) is 4.74 Å². The molecule has 19 heavy (non-hydrogen) atoms. The summed E-state index contributed by atoms with van der Waals surface area (Å²) in [7, 11) is 1.80. The summed E-state index contributed by atoms with van der Waals surface area (Å²) >= 11 is 0. The summed E-state index contributed by atoms with van der Waals surface area (Å²) in [6.07, 6.45) is 6.54. The number of nitrogens with zero attached hydrogens (tertiary/aromatic N) is 1. The molecule has 0 radical (unpaired) electrons. The zero-order chi connectivity index (χ0) is 14.5. The molecule has 0 fully saturated rings. The number of hydrogen-bond acceptors (Lipinski definition) is 2. The number of ether oxygens (including phenoxy) is 1. The highest BCUT2D eigenvalue weighted by Gasteiger charge is 2.12. The van der Waals surface area contributed by atoms with Gasteiger partial charge in [0.05, 0.1) is 6.10 Å². The third-order valence-corrected chi connectivity index (χ3v) is 2.91. The number of guanidine groups is 1. The molecule has 0 aromatic rings. The lowest BCUT2D eigenvalue weighted by Gasteiger charge is -2.21. The van der Waals surface area contributed by atoms with Crippen molar-refractivity contribution in [1.82, 2.24) is 10.6 Å². The first-order chi connectivity index (χ1) is 9.15. The summed E-state index contributed by atoms with van der Waals surface area (Å²) in [5, 5.41) is 6.61. The van der Waals surface area contributed by atoms with E-state index in [2.05, 4.69) is 41.6 Å². The molecule has 1 atom stereocenters. The topological polar surface area (TPSA) is 45.7 Å². The van der Waals surface area contributed by atoms with Crippen LogP contribution in [0.3, 0.4) is 0 Å². The molecule has 0 aromatic heterocycles. The zero-order valence-corrected chi connectivity index (χ0v) is 13.2. The van der Waals surface area contributed by atoms with E-state index < -0.39 is 0 Å². The monoisotopic (exact) mass is 269 g/mol. The Kier molecular flexibility index (Phi) is 11.4. The van der Waals surface area contributed by atoms with E-state index in [1.54, 1.807) is 7.05 Å². The second kappa shape index (κ2) is 12.0. The van der Waals surface area contributed by atoms with Crippen LogP contribution in [0.5, 0.6) is 0 Å². The Morgan fingerprint density at radius 3 is 2.47 bits per heavy atom. The normalized spacial score (nSPS) is 14.1. The number of rotatable bonds is 9. The van der Waals surface area contributed by atoms with Crippen LogP contribution in [0, 0.1) is 5.92 Å². The highest BCUT2D eigenvalue weighted by atomic mass is 16.5. The van der Waals surface area contributed by atoms with Gasteiger partial charge in [0.2, 0.25) is 0 Å². The van der Waals surface area contributed by atoms with Crippen LogP contribution in [0.2, 0.25) is 0 Å². The number of nitrogens with one attached hydrogen (secondary N) is 2. The van der Waals surface area contributed by atoms with Gasteiger partial charge in [-0.15, -0.1) is 0 Å². The van der Waals surface area contributed by atoms with E-state index in [0.717, 1.165) is 38.5 Å². The van der Waals surface area contributed by atoms with Gasteiger partial charge in [-0.3, -0.25) is 4.99 Å². The summed E-state index contributed by atoms with van der Waals surface area (Å²) in [5.41, 5.74) is 0. The minimum atomic E-state index is 0.318. The van der Waals surface area contributed by atoms with Crippen LogP contribution < -0.4 is 10.6 Å². The predicted molar refractivity (Wildman–Crippen MR) is 83.7 cm³/mol. The molecule has 0 aliphatic rings. The van der Waals surface area contributed by atoms with E-state index in [-0.39, 0.29) is 0 Å². The summed E-state index contributed by atoms with van der Waals surface area (Å²) in [4.78, 5) is 4.20. The fourth-order valence-electron chi connectivity index (χ4n) is 1.82. The average molecular weight is 269 g/mol. The molecular weight excluding hydrogens is 238 g/mol. The van der Waals surface area contributed by atoms with Crippen molar-refractivity contribution < 1.29 is 4.74 Å². The van der Waals surface area contributed by atoms with Crippen LogP contribution in [0.25, 0.3) is 0 Å². The predicted octanol–water partition coefficient (Wildman–Crippen LogP) is 2.57. The maximum absolute atomic E-state index is 5.72. The molecule has 0 rings (SSSR count). The van der Waals surface area contributed by atoms with Crippen molar-refractivity contribution in [2.45, 2.75) is 46.6 Å². The van der Waals surface area contributed by atoms with Gasteiger partial charge in [-0.2, -0.15) is 0 Å². The Hall–Kier alpha value is -1.03. The van der Waals surface area contributed by atoms with E-state index in [9.17, 15) is 0 Å². The van der Waals surface area contributed by atoms with Gasteiger partial charge in [-0.05, 0) is 32.6 Å². The summed E-state index contributed by atoms with van der Waals surface area (Å²) < 4.78 is 5.72. The lowest BCUT2D eigenvalue weighted by molar-refractivity contribution is 0.0258. The first-order valence-electron chi connectivity index (χ1n) is 7.32. The molecule has 0 saturated carbocycles. The maximum atomic E-state index is 5.72. The van der Waals surface area contributed by atoms with Crippen molar-refractivity contribution in [3.8, 4) is 0 Å². The van der Waals surface area contributed by atoms with Gasteiger partial charge in [-0.1, -0.05) is 26.0 Å². The molecule has 0 heterocycles. The Bertz CT molecular complexity index is 262. The van der Waals surface area contributed by atoms with Crippen molar-refractivity contribution >= 4 is 5.96 Å². The maximum Gasteiger partial charge on any atom is 0.190 e. The number of aliphatic imine (C=N–C) groups is 1. The minimum absolute atomic E-state index is 0.318. The van der Waals surface area contributed by atoms with Gasteiger partial charge < -0.3 is 15.4 Å². The quantitative estimate of drug-likeness (QED) is 0.293. The van der Waals surface area contributed by atoms with Crippen LogP contribution in [0.4, 0.5) is 0 Å². The highest BCUT2D eigenvalue weighted by Crippen LogP contribution is 2.09. The molecule has 0 bridgehead atoms. The van der Waals surface area contributed by atoms with E-state index >= 15 is 0 Å². The molecule has 0 saturated heterocycles. The fourth-order valence-corrected chi connectivity index (χ4v) is 1.82. The third kappa shape index (κ3) is 9.54. The summed E-state index contributed by atoms with van der Waals surface area (Å²) in [6, 6.07) is 0. The largest absolute Gasteiger partial charge is 0.378 e. The zero-order valence-electron chi connectivity index (χ0n) is 13.2. The molecule has 4 heteroatoms.